The number of esters is 1. The van der Waals surface area contributed by atoms with E-state index in [2.05, 4.69) is 5.32 Å². The van der Waals surface area contributed by atoms with E-state index in [0.29, 0.717) is 30.1 Å². The van der Waals surface area contributed by atoms with Crippen molar-refractivity contribution in [2.75, 3.05) is 18.5 Å². The third-order valence-corrected chi connectivity index (χ3v) is 5.81. The summed E-state index contributed by atoms with van der Waals surface area (Å²) in [4.78, 5) is 38.8. The molecule has 0 saturated carbocycles. The van der Waals surface area contributed by atoms with Gasteiger partial charge in [-0.15, -0.1) is 11.3 Å². The van der Waals surface area contributed by atoms with E-state index < -0.39 is 5.97 Å². The fourth-order valence-corrected chi connectivity index (χ4v) is 4.47. The van der Waals surface area contributed by atoms with Crippen LogP contribution in [0.4, 0.5) is 5.00 Å². The van der Waals surface area contributed by atoms with Crippen molar-refractivity contribution in [1.82, 2.24) is 4.90 Å². The molecule has 7 nitrogen and oxygen atoms in total. The molecular formula is C22H23N3O4S. The smallest absolute Gasteiger partial charge is 0.315 e. The minimum absolute atomic E-state index is 0.242. The van der Waals surface area contributed by atoms with Crippen molar-refractivity contribution in [3.8, 4) is 0 Å². The molecule has 3 rings (SSSR count). The Labute approximate surface area is 178 Å². The van der Waals surface area contributed by atoms with E-state index in [1.54, 1.807) is 17.9 Å². The Morgan fingerprint density at radius 2 is 2.03 bits per heavy atom. The minimum Gasteiger partial charge on any atom is -0.466 e. The first-order valence-corrected chi connectivity index (χ1v) is 10.5. The van der Waals surface area contributed by atoms with Gasteiger partial charge in [-0.05, 0) is 30.5 Å². The van der Waals surface area contributed by atoms with Gasteiger partial charge < -0.3 is 20.4 Å². The second kappa shape index (κ2) is 9.98. The van der Waals surface area contributed by atoms with E-state index in [0.717, 1.165) is 16.0 Å². The van der Waals surface area contributed by atoms with Gasteiger partial charge in [0.05, 0.1) is 13.2 Å². The van der Waals surface area contributed by atoms with Gasteiger partial charge in [-0.3, -0.25) is 14.4 Å². The molecule has 0 spiro atoms. The lowest BCUT2D eigenvalue weighted by molar-refractivity contribution is -0.149. The highest BCUT2D eigenvalue weighted by atomic mass is 32.1. The van der Waals surface area contributed by atoms with Crippen molar-refractivity contribution in [2.45, 2.75) is 26.3 Å². The number of benzene rings is 1. The molecule has 0 aliphatic carbocycles. The van der Waals surface area contributed by atoms with Gasteiger partial charge in [-0.25, -0.2) is 0 Å². The summed E-state index contributed by atoms with van der Waals surface area (Å²) in [6, 6.07) is 9.50. The Morgan fingerprint density at radius 1 is 1.27 bits per heavy atom. The van der Waals surface area contributed by atoms with E-state index in [1.165, 1.54) is 23.6 Å². The Kier molecular flexibility index (Phi) is 7.13. The van der Waals surface area contributed by atoms with Crippen molar-refractivity contribution in [3.63, 3.8) is 0 Å². The van der Waals surface area contributed by atoms with Crippen LogP contribution in [0.2, 0.25) is 0 Å². The van der Waals surface area contributed by atoms with Crippen LogP contribution in [0.1, 0.15) is 34.9 Å². The standard InChI is InChI=1S/C22H23N3O4S/c1-2-29-21(28)12-20(27)25-11-10-16-17(13-23)22(30-18(16)14-25)24-19(26)9-8-15-6-4-3-5-7-15/h3-9,13,23H,2,10-12,14H2,1H3,(H,24,26)/b9-8+,23-13?. The molecule has 0 bridgehead atoms. The number of amides is 2. The lowest BCUT2D eigenvalue weighted by atomic mass is 10.0. The molecule has 156 valence electrons. The van der Waals surface area contributed by atoms with Crippen molar-refractivity contribution in [2.24, 2.45) is 0 Å². The van der Waals surface area contributed by atoms with E-state index in [4.69, 9.17) is 10.1 Å². The van der Waals surface area contributed by atoms with Crippen LogP contribution in [0.25, 0.3) is 6.08 Å². The Balaban J connectivity index is 1.69. The Hall–Kier alpha value is -3.26. The fraction of sp³-hybridized carbons (Fsp3) is 0.273. The zero-order valence-electron chi connectivity index (χ0n) is 16.6. The first-order valence-electron chi connectivity index (χ1n) is 9.64. The second-order valence-electron chi connectivity index (χ2n) is 6.67. The van der Waals surface area contributed by atoms with Gasteiger partial charge in [0.15, 0.2) is 0 Å². The summed E-state index contributed by atoms with van der Waals surface area (Å²) >= 11 is 1.36. The van der Waals surface area contributed by atoms with Gasteiger partial charge in [0, 0.05) is 29.3 Å². The third kappa shape index (κ3) is 5.21. The number of hydrogen-bond acceptors (Lipinski definition) is 6. The highest BCUT2D eigenvalue weighted by Gasteiger charge is 2.27. The van der Waals surface area contributed by atoms with E-state index in [9.17, 15) is 14.4 Å². The molecule has 1 aromatic carbocycles. The third-order valence-electron chi connectivity index (χ3n) is 4.66. The summed E-state index contributed by atoms with van der Waals surface area (Å²) in [5.74, 6) is -1.09. The van der Waals surface area contributed by atoms with Crippen molar-refractivity contribution < 1.29 is 19.1 Å². The summed E-state index contributed by atoms with van der Waals surface area (Å²) in [7, 11) is 0. The van der Waals surface area contributed by atoms with Crippen LogP contribution in [0.3, 0.4) is 0 Å². The number of thiophene rings is 1. The number of nitrogens with one attached hydrogen (secondary N) is 2. The summed E-state index contributed by atoms with van der Waals surface area (Å²) in [5.41, 5.74) is 2.56. The summed E-state index contributed by atoms with van der Waals surface area (Å²) in [5, 5.41) is 11.2. The number of carbonyl (C=O) groups is 3. The van der Waals surface area contributed by atoms with Gasteiger partial charge in [0.2, 0.25) is 11.8 Å². The molecule has 0 unspecified atom stereocenters. The monoisotopic (exact) mass is 425 g/mol. The average Bonchev–Trinajstić information content (AvgIpc) is 3.09. The van der Waals surface area contributed by atoms with E-state index >= 15 is 0 Å². The van der Waals surface area contributed by atoms with Crippen molar-refractivity contribution in [1.29, 1.82) is 5.41 Å². The zero-order valence-corrected chi connectivity index (χ0v) is 17.5. The lowest BCUT2D eigenvalue weighted by Gasteiger charge is -2.26. The molecule has 2 heterocycles. The van der Waals surface area contributed by atoms with Crippen LogP contribution in [0.5, 0.6) is 0 Å². The maximum absolute atomic E-state index is 12.4. The summed E-state index contributed by atoms with van der Waals surface area (Å²) in [6.07, 6.45) is 4.71. The minimum atomic E-state index is -0.530. The first kappa shape index (κ1) is 21.4. The fourth-order valence-electron chi connectivity index (χ4n) is 3.22. The van der Waals surface area contributed by atoms with Crippen LogP contribution < -0.4 is 5.32 Å². The molecule has 0 saturated heterocycles. The normalized spacial score (nSPS) is 13.0. The van der Waals surface area contributed by atoms with Crippen molar-refractivity contribution >= 4 is 46.4 Å². The number of nitrogens with zero attached hydrogens (tertiary/aromatic N) is 1. The van der Waals surface area contributed by atoms with Crippen LogP contribution in [0.15, 0.2) is 36.4 Å². The van der Waals surface area contributed by atoms with Crippen LogP contribution in [-0.4, -0.2) is 42.0 Å². The molecule has 0 atom stereocenters. The lowest BCUT2D eigenvalue weighted by Crippen LogP contribution is -2.36. The van der Waals surface area contributed by atoms with Gasteiger partial charge in [-0.1, -0.05) is 30.3 Å². The molecule has 2 amide bonds. The van der Waals surface area contributed by atoms with Crippen LogP contribution >= 0.6 is 11.3 Å². The number of fused-ring (bicyclic) bond motifs is 1. The maximum atomic E-state index is 12.4. The molecule has 8 heteroatoms. The second-order valence-corrected chi connectivity index (χ2v) is 7.78. The van der Waals surface area contributed by atoms with Gasteiger partial charge in [0.1, 0.15) is 11.4 Å². The molecule has 1 aromatic heterocycles. The SMILES string of the molecule is CCOC(=O)CC(=O)N1CCc2c(sc(NC(=O)/C=C/c3ccccc3)c2C=N)C1. The first-order chi connectivity index (χ1) is 14.5. The molecule has 0 fully saturated rings. The largest absolute Gasteiger partial charge is 0.466 e. The quantitative estimate of drug-likeness (QED) is 0.308. The predicted octanol–water partition coefficient (Wildman–Crippen LogP) is 3.24. The average molecular weight is 426 g/mol. The molecule has 2 aromatic rings. The highest BCUT2D eigenvalue weighted by Crippen LogP contribution is 2.36. The Morgan fingerprint density at radius 3 is 2.73 bits per heavy atom. The number of hydrogen-bond donors (Lipinski definition) is 2. The molecule has 1 aliphatic rings. The Bertz CT molecular complexity index is 982. The van der Waals surface area contributed by atoms with Crippen LogP contribution in [-0.2, 0) is 32.1 Å². The summed E-state index contributed by atoms with van der Waals surface area (Å²) < 4.78 is 4.84. The number of ether oxygens (including phenoxy) is 1. The van der Waals surface area contributed by atoms with Gasteiger partial charge >= 0.3 is 5.97 Å². The highest BCUT2D eigenvalue weighted by molar-refractivity contribution is 7.17. The van der Waals surface area contributed by atoms with Gasteiger partial charge in [-0.2, -0.15) is 0 Å². The molecule has 30 heavy (non-hydrogen) atoms. The van der Waals surface area contributed by atoms with Gasteiger partial charge in [0.25, 0.3) is 0 Å². The number of rotatable bonds is 7. The molecule has 1 aliphatic heterocycles. The summed E-state index contributed by atoms with van der Waals surface area (Å²) in [6.45, 7) is 2.76. The molecule has 0 radical (unpaired) electrons. The van der Waals surface area contributed by atoms with E-state index in [-0.39, 0.29) is 24.8 Å². The predicted molar refractivity (Wildman–Crippen MR) is 117 cm³/mol. The van der Waals surface area contributed by atoms with E-state index in [1.807, 2.05) is 30.3 Å². The molecule has 2 N–H and O–H groups in total. The van der Waals surface area contributed by atoms with Crippen LogP contribution in [0, 0.1) is 5.41 Å². The maximum Gasteiger partial charge on any atom is 0.315 e. The number of carbonyl (C=O) groups excluding carboxylic acids is 3. The van der Waals surface area contributed by atoms with Crippen molar-refractivity contribution in [3.05, 3.63) is 58.0 Å². The zero-order chi connectivity index (χ0) is 21.5. The molecular weight excluding hydrogens is 402 g/mol. The topological polar surface area (TPSA) is 99.6 Å². The number of anilines is 1.